The maximum Gasteiger partial charge on any atom is 0.126 e. The molecule has 0 atom stereocenters. The number of rotatable bonds is 7. The molecule has 0 unspecified atom stereocenters. The highest BCUT2D eigenvalue weighted by molar-refractivity contribution is 6.33. The van der Waals surface area contributed by atoms with Crippen LogP contribution in [0.15, 0.2) is 30.6 Å². The topological polar surface area (TPSA) is 70.1 Å². The summed E-state index contributed by atoms with van der Waals surface area (Å²) in [5.41, 5.74) is 1.95. The van der Waals surface area contributed by atoms with Gasteiger partial charge in [-0.15, -0.1) is 0 Å². The summed E-state index contributed by atoms with van der Waals surface area (Å²) in [6, 6.07) is 6.44. The normalized spacial score (nSPS) is 15.1. The summed E-state index contributed by atoms with van der Waals surface area (Å²) in [7, 11) is 0. The Kier molecular flexibility index (Phi) is 6.48. The van der Waals surface area contributed by atoms with Crippen LogP contribution in [-0.4, -0.2) is 34.3 Å². The lowest BCUT2D eigenvalue weighted by Gasteiger charge is -2.23. The lowest BCUT2D eigenvalue weighted by Crippen LogP contribution is -2.22. The first-order chi connectivity index (χ1) is 12.3. The van der Waals surface area contributed by atoms with Crippen LogP contribution in [0.5, 0.6) is 0 Å². The summed E-state index contributed by atoms with van der Waals surface area (Å²) in [6.07, 6.45) is 10.5. The molecule has 0 spiro atoms. The minimum absolute atomic E-state index is 0.166. The summed E-state index contributed by atoms with van der Waals surface area (Å²) in [4.78, 5) is 8.75. The molecule has 25 heavy (non-hydrogen) atoms. The SMILES string of the molecule is OCCCNc1cc(-c2cc(NC3CCCCC3)ncc2Cl)ccn1. The van der Waals surface area contributed by atoms with Crippen LogP contribution in [0.3, 0.4) is 0 Å². The molecule has 0 aromatic carbocycles. The van der Waals surface area contributed by atoms with Crippen molar-refractivity contribution in [1.82, 2.24) is 9.97 Å². The second kappa shape index (κ2) is 9.02. The van der Waals surface area contributed by atoms with Crippen LogP contribution in [0.4, 0.5) is 11.6 Å². The lowest BCUT2D eigenvalue weighted by molar-refractivity contribution is 0.292. The van der Waals surface area contributed by atoms with Gasteiger partial charge in [0.25, 0.3) is 0 Å². The summed E-state index contributed by atoms with van der Waals surface area (Å²) >= 11 is 6.39. The number of aliphatic hydroxyl groups excluding tert-OH is 1. The number of aliphatic hydroxyl groups is 1. The minimum Gasteiger partial charge on any atom is -0.396 e. The third-order valence-corrected chi connectivity index (χ3v) is 4.83. The van der Waals surface area contributed by atoms with E-state index in [4.69, 9.17) is 16.7 Å². The average Bonchev–Trinajstić information content (AvgIpc) is 2.65. The second-order valence-electron chi connectivity index (χ2n) is 6.46. The summed E-state index contributed by atoms with van der Waals surface area (Å²) < 4.78 is 0. The predicted octanol–water partition coefficient (Wildman–Crippen LogP) is 4.34. The fourth-order valence-electron chi connectivity index (χ4n) is 3.19. The maximum atomic E-state index is 8.89. The number of hydrogen-bond donors (Lipinski definition) is 3. The van der Waals surface area contributed by atoms with Gasteiger partial charge >= 0.3 is 0 Å². The molecule has 2 aromatic rings. The van der Waals surface area contributed by atoms with Gasteiger partial charge in [0.2, 0.25) is 0 Å². The van der Waals surface area contributed by atoms with E-state index in [9.17, 15) is 0 Å². The fourth-order valence-corrected chi connectivity index (χ4v) is 3.40. The Morgan fingerprint density at radius 3 is 2.76 bits per heavy atom. The highest BCUT2D eigenvalue weighted by Crippen LogP contribution is 2.31. The molecule has 6 heteroatoms. The van der Waals surface area contributed by atoms with Crippen LogP contribution in [0.25, 0.3) is 11.1 Å². The zero-order chi connectivity index (χ0) is 17.5. The number of aromatic nitrogens is 2. The third-order valence-electron chi connectivity index (χ3n) is 4.52. The van der Waals surface area contributed by atoms with Gasteiger partial charge in [-0.2, -0.15) is 0 Å². The van der Waals surface area contributed by atoms with Gasteiger partial charge < -0.3 is 15.7 Å². The van der Waals surface area contributed by atoms with Gasteiger partial charge in [0.05, 0.1) is 5.02 Å². The molecular formula is C19H25ClN4O. The zero-order valence-corrected chi connectivity index (χ0v) is 15.1. The Labute approximate surface area is 153 Å². The Morgan fingerprint density at radius 1 is 1.12 bits per heavy atom. The molecule has 1 aliphatic rings. The van der Waals surface area contributed by atoms with E-state index in [0.717, 1.165) is 22.8 Å². The first kappa shape index (κ1) is 18.0. The smallest absolute Gasteiger partial charge is 0.126 e. The van der Waals surface area contributed by atoms with Crippen LogP contribution >= 0.6 is 11.6 Å². The van der Waals surface area contributed by atoms with E-state index in [2.05, 4.69) is 20.6 Å². The van der Waals surface area contributed by atoms with Gasteiger partial charge in [0, 0.05) is 37.2 Å². The van der Waals surface area contributed by atoms with Crippen molar-refractivity contribution in [3.05, 3.63) is 35.6 Å². The van der Waals surface area contributed by atoms with E-state index in [1.54, 1.807) is 12.4 Å². The van der Waals surface area contributed by atoms with E-state index < -0.39 is 0 Å². The number of nitrogens with zero attached hydrogens (tertiary/aromatic N) is 2. The maximum absolute atomic E-state index is 8.89. The molecule has 1 fully saturated rings. The number of halogens is 1. The monoisotopic (exact) mass is 360 g/mol. The number of nitrogens with one attached hydrogen (secondary N) is 2. The quantitative estimate of drug-likeness (QED) is 0.641. The molecule has 2 aromatic heterocycles. The second-order valence-corrected chi connectivity index (χ2v) is 6.87. The molecule has 0 bridgehead atoms. The first-order valence-corrected chi connectivity index (χ1v) is 9.37. The molecule has 0 radical (unpaired) electrons. The molecule has 0 amide bonds. The van der Waals surface area contributed by atoms with Crippen LogP contribution in [0.1, 0.15) is 38.5 Å². The van der Waals surface area contributed by atoms with Crippen molar-refractivity contribution in [2.45, 2.75) is 44.6 Å². The molecule has 0 aliphatic heterocycles. The Balaban J connectivity index is 1.76. The largest absolute Gasteiger partial charge is 0.396 e. The van der Waals surface area contributed by atoms with Crippen LogP contribution in [-0.2, 0) is 0 Å². The van der Waals surface area contributed by atoms with Crippen molar-refractivity contribution in [2.24, 2.45) is 0 Å². The molecule has 1 aliphatic carbocycles. The van der Waals surface area contributed by atoms with E-state index in [1.165, 1.54) is 32.1 Å². The molecule has 134 valence electrons. The van der Waals surface area contributed by atoms with E-state index >= 15 is 0 Å². The van der Waals surface area contributed by atoms with Gasteiger partial charge in [-0.25, -0.2) is 9.97 Å². The molecule has 5 nitrogen and oxygen atoms in total. The predicted molar refractivity (Wildman–Crippen MR) is 103 cm³/mol. The summed E-state index contributed by atoms with van der Waals surface area (Å²) in [6.45, 7) is 0.852. The summed E-state index contributed by atoms with van der Waals surface area (Å²) in [5.74, 6) is 1.65. The van der Waals surface area contributed by atoms with Crippen molar-refractivity contribution in [3.8, 4) is 11.1 Å². The Bertz CT molecular complexity index is 689. The lowest BCUT2D eigenvalue weighted by atomic mass is 9.95. The average molecular weight is 361 g/mol. The molecule has 0 saturated heterocycles. The van der Waals surface area contributed by atoms with Crippen LogP contribution in [0, 0.1) is 0 Å². The van der Waals surface area contributed by atoms with Crippen molar-refractivity contribution < 1.29 is 5.11 Å². The molecule has 3 rings (SSSR count). The van der Waals surface area contributed by atoms with Gasteiger partial charge in [-0.05, 0) is 43.0 Å². The van der Waals surface area contributed by atoms with Crippen LogP contribution in [0.2, 0.25) is 5.02 Å². The summed E-state index contributed by atoms with van der Waals surface area (Å²) in [5, 5.41) is 16.3. The fraction of sp³-hybridized carbons (Fsp3) is 0.474. The molecule has 3 N–H and O–H groups in total. The first-order valence-electron chi connectivity index (χ1n) is 8.99. The van der Waals surface area contributed by atoms with Gasteiger partial charge in [0.15, 0.2) is 0 Å². The van der Waals surface area contributed by atoms with Gasteiger partial charge in [-0.1, -0.05) is 30.9 Å². The van der Waals surface area contributed by atoms with Crippen molar-refractivity contribution in [1.29, 1.82) is 0 Å². The third kappa shape index (κ3) is 5.06. The highest BCUT2D eigenvalue weighted by Gasteiger charge is 2.14. The van der Waals surface area contributed by atoms with Crippen molar-refractivity contribution >= 4 is 23.2 Å². The molecule has 1 saturated carbocycles. The van der Waals surface area contributed by atoms with Crippen molar-refractivity contribution in [2.75, 3.05) is 23.8 Å². The van der Waals surface area contributed by atoms with E-state index in [0.29, 0.717) is 24.0 Å². The zero-order valence-electron chi connectivity index (χ0n) is 14.3. The Hall–Kier alpha value is -1.85. The number of anilines is 2. The number of pyridine rings is 2. The standard InChI is InChI=1S/C19H25ClN4O/c20-17-13-23-19(24-15-5-2-1-3-6-15)12-16(17)14-7-9-22-18(11-14)21-8-4-10-25/h7,9,11-13,15,25H,1-6,8,10H2,(H,21,22)(H,23,24). The minimum atomic E-state index is 0.166. The van der Waals surface area contributed by atoms with Gasteiger partial charge in [-0.3, -0.25) is 0 Å². The molecule has 2 heterocycles. The number of hydrogen-bond acceptors (Lipinski definition) is 5. The highest BCUT2D eigenvalue weighted by atomic mass is 35.5. The van der Waals surface area contributed by atoms with Crippen molar-refractivity contribution in [3.63, 3.8) is 0 Å². The molecular weight excluding hydrogens is 336 g/mol. The van der Waals surface area contributed by atoms with E-state index in [1.807, 2.05) is 18.2 Å². The Morgan fingerprint density at radius 2 is 1.96 bits per heavy atom. The van der Waals surface area contributed by atoms with Gasteiger partial charge in [0.1, 0.15) is 11.6 Å². The van der Waals surface area contributed by atoms with Crippen LogP contribution < -0.4 is 10.6 Å². The van der Waals surface area contributed by atoms with E-state index in [-0.39, 0.29) is 6.61 Å².